The van der Waals surface area contributed by atoms with Gasteiger partial charge in [0.15, 0.2) is 0 Å². The molecular formula is C29H43N3O6. The van der Waals surface area contributed by atoms with Crippen molar-refractivity contribution >= 4 is 29.1 Å². The van der Waals surface area contributed by atoms with Crippen molar-refractivity contribution in [1.29, 1.82) is 0 Å². The number of hydrogen-bond donors (Lipinski definition) is 1. The van der Waals surface area contributed by atoms with Gasteiger partial charge in [0.05, 0.1) is 6.61 Å². The molecule has 1 saturated heterocycles. The van der Waals surface area contributed by atoms with Crippen molar-refractivity contribution in [3.63, 3.8) is 0 Å². The van der Waals surface area contributed by atoms with Crippen LogP contribution in [0.4, 0.5) is 9.59 Å². The predicted molar refractivity (Wildman–Crippen MR) is 146 cm³/mol. The Morgan fingerprint density at radius 3 is 2.26 bits per heavy atom. The Balaban J connectivity index is 1.57. The van der Waals surface area contributed by atoms with Crippen LogP contribution in [0.1, 0.15) is 66.4 Å². The Kier molecular flexibility index (Phi) is 9.33. The quantitative estimate of drug-likeness (QED) is 0.391. The van der Waals surface area contributed by atoms with Crippen LogP contribution in [0.15, 0.2) is 30.5 Å². The number of nitrogens with one attached hydrogen (secondary N) is 1. The van der Waals surface area contributed by atoms with Gasteiger partial charge in [-0.1, -0.05) is 18.2 Å². The number of hydrogen-bond acceptors (Lipinski definition) is 6. The van der Waals surface area contributed by atoms with E-state index in [1.165, 1.54) is 0 Å². The highest BCUT2D eigenvalue weighted by atomic mass is 16.6. The maximum absolute atomic E-state index is 13.1. The van der Waals surface area contributed by atoms with Crippen LogP contribution in [-0.4, -0.2) is 64.6 Å². The molecule has 2 aromatic rings. The fraction of sp³-hybridized carbons (Fsp3) is 0.621. The largest absolute Gasteiger partial charge is 0.464 e. The fourth-order valence-corrected chi connectivity index (χ4v) is 4.61. The lowest BCUT2D eigenvalue weighted by molar-refractivity contribution is -0.146. The summed E-state index contributed by atoms with van der Waals surface area (Å²) in [5.74, 6) is -0.146. The zero-order valence-electron chi connectivity index (χ0n) is 23.8. The molecule has 0 aliphatic carbocycles. The highest BCUT2D eigenvalue weighted by Gasteiger charge is 2.29. The van der Waals surface area contributed by atoms with Gasteiger partial charge in [-0.25, -0.2) is 14.4 Å². The van der Waals surface area contributed by atoms with E-state index in [4.69, 9.17) is 14.2 Å². The number of para-hydroxylation sites is 1. The summed E-state index contributed by atoms with van der Waals surface area (Å²) in [6.07, 6.45) is 3.66. The molecule has 0 unspecified atom stereocenters. The second kappa shape index (κ2) is 12.1. The third kappa shape index (κ3) is 8.67. The number of benzene rings is 1. The summed E-state index contributed by atoms with van der Waals surface area (Å²) in [5, 5.41) is 3.74. The molecule has 0 saturated carbocycles. The molecule has 1 aromatic heterocycles. The van der Waals surface area contributed by atoms with Gasteiger partial charge < -0.3 is 29.0 Å². The molecule has 9 nitrogen and oxygen atoms in total. The van der Waals surface area contributed by atoms with Crippen LogP contribution in [-0.2, 0) is 32.5 Å². The Labute approximate surface area is 225 Å². The minimum Gasteiger partial charge on any atom is -0.464 e. The van der Waals surface area contributed by atoms with E-state index < -0.39 is 29.3 Å². The van der Waals surface area contributed by atoms with Crippen molar-refractivity contribution in [3.05, 3.63) is 36.0 Å². The van der Waals surface area contributed by atoms with Crippen LogP contribution < -0.4 is 5.32 Å². The Hall–Kier alpha value is -3.23. The maximum atomic E-state index is 13.1. The Morgan fingerprint density at radius 1 is 1.00 bits per heavy atom. The first-order valence-electron chi connectivity index (χ1n) is 13.4. The van der Waals surface area contributed by atoms with Crippen molar-refractivity contribution in [3.8, 4) is 0 Å². The molecule has 210 valence electrons. The molecule has 3 rings (SSSR count). The number of aromatic nitrogens is 1. The average molecular weight is 530 g/mol. The fourth-order valence-electron chi connectivity index (χ4n) is 4.61. The zero-order chi connectivity index (χ0) is 28.1. The molecule has 0 radical (unpaired) electrons. The molecule has 1 aliphatic heterocycles. The zero-order valence-corrected chi connectivity index (χ0v) is 23.8. The molecule has 2 heterocycles. The van der Waals surface area contributed by atoms with E-state index in [2.05, 4.69) is 5.32 Å². The maximum Gasteiger partial charge on any atom is 0.410 e. The number of aryl methyl sites for hydroxylation is 1. The van der Waals surface area contributed by atoms with Crippen molar-refractivity contribution in [1.82, 2.24) is 14.8 Å². The number of carbonyl (C=O) groups is 3. The molecule has 1 aliphatic rings. The van der Waals surface area contributed by atoms with Crippen molar-refractivity contribution in [2.24, 2.45) is 13.0 Å². The van der Waals surface area contributed by atoms with E-state index >= 15 is 0 Å². The second-order valence-corrected chi connectivity index (χ2v) is 12.1. The van der Waals surface area contributed by atoms with Crippen molar-refractivity contribution in [2.45, 2.75) is 84.5 Å². The van der Waals surface area contributed by atoms with E-state index in [-0.39, 0.29) is 19.1 Å². The molecule has 1 aromatic carbocycles. The molecule has 0 spiro atoms. The molecular weight excluding hydrogens is 486 g/mol. The van der Waals surface area contributed by atoms with Crippen molar-refractivity contribution < 1.29 is 28.6 Å². The lowest BCUT2D eigenvalue weighted by atomic mass is 9.94. The smallest absolute Gasteiger partial charge is 0.410 e. The molecule has 1 atom stereocenters. The molecule has 1 N–H and O–H groups in total. The van der Waals surface area contributed by atoms with Gasteiger partial charge in [-0.2, -0.15) is 0 Å². The Bertz CT molecular complexity index is 1120. The standard InChI is InChI=1S/C29H43N3O6/c1-28(2,3)37-26(34)30-23(18-21-19-31(7)24-11-9-8-10-22(21)24)25(33)36-17-14-20-12-15-32(16-13-20)27(35)38-29(4,5)6/h8-11,19-20,23H,12-18H2,1-7H3,(H,30,34)/t23-/m1/s1. The molecule has 0 bridgehead atoms. The van der Waals surface area contributed by atoms with Gasteiger partial charge in [-0.05, 0) is 78.4 Å². The predicted octanol–water partition coefficient (Wildman–Crippen LogP) is 5.19. The van der Waals surface area contributed by atoms with Crippen LogP contribution in [0.2, 0.25) is 0 Å². The van der Waals surface area contributed by atoms with Gasteiger partial charge in [0, 0.05) is 43.7 Å². The van der Waals surface area contributed by atoms with Gasteiger partial charge in [0.1, 0.15) is 17.2 Å². The summed E-state index contributed by atoms with van der Waals surface area (Å²) in [7, 11) is 1.95. The second-order valence-electron chi connectivity index (χ2n) is 12.1. The van der Waals surface area contributed by atoms with E-state index in [0.717, 1.165) is 29.3 Å². The van der Waals surface area contributed by atoms with E-state index in [0.29, 0.717) is 25.4 Å². The number of nitrogens with zero attached hydrogens (tertiary/aromatic N) is 2. The number of carbonyl (C=O) groups excluding carboxylic acids is 3. The van der Waals surface area contributed by atoms with Crippen molar-refractivity contribution in [2.75, 3.05) is 19.7 Å². The highest BCUT2D eigenvalue weighted by Crippen LogP contribution is 2.24. The highest BCUT2D eigenvalue weighted by molar-refractivity contribution is 5.86. The van der Waals surface area contributed by atoms with Gasteiger partial charge in [0.25, 0.3) is 0 Å². The van der Waals surface area contributed by atoms with E-state index in [1.54, 1.807) is 25.7 Å². The first kappa shape index (κ1) is 29.3. The summed E-state index contributed by atoms with van der Waals surface area (Å²) in [6.45, 7) is 12.4. The SMILES string of the molecule is Cn1cc(C[C@@H](NC(=O)OC(C)(C)C)C(=O)OCCC2CCN(C(=O)OC(C)(C)C)CC2)c2ccccc21. The number of piperidine rings is 1. The number of esters is 1. The number of amides is 2. The summed E-state index contributed by atoms with van der Waals surface area (Å²) in [4.78, 5) is 39.7. The lowest BCUT2D eigenvalue weighted by Gasteiger charge is -2.33. The monoisotopic (exact) mass is 529 g/mol. The first-order valence-corrected chi connectivity index (χ1v) is 13.4. The third-order valence-electron chi connectivity index (χ3n) is 6.42. The Morgan fingerprint density at radius 2 is 1.63 bits per heavy atom. The minimum absolute atomic E-state index is 0.248. The van der Waals surface area contributed by atoms with Gasteiger partial charge >= 0.3 is 18.2 Å². The molecule has 1 fully saturated rings. The average Bonchev–Trinajstić information content (AvgIpc) is 3.12. The van der Waals surface area contributed by atoms with E-state index in [9.17, 15) is 14.4 Å². The lowest BCUT2D eigenvalue weighted by Crippen LogP contribution is -2.45. The third-order valence-corrected chi connectivity index (χ3v) is 6.42. The summed E-state index contributed by atoms with van der Waals surface area (Å²) in [6, 6.07) is 7.06. The van der Waals surface area contributed by atoms with Crippen LogP contribution >= 0.6 is 0 Å². The number of fused-ring (bicyclic) bond motifs is 1. The minimum atomic E-state index is -0.885. The van der Waals surface area contributed by atoms with Crippen LogP contribution in [0.3, 0.4) is 0 Å². The number of alkyl carbamates (subject to hydrolysis) is 1. The molecule has 38 heavy (non-hydrogen) atoms. The van der Waals surface area contributed by atoms with Gasteiger partial charge in [0.2, 0.25) is 0 Å². The van der Waals surface area contributed by atoms with E-state index in [1.807, 2.05) is 62.8 Å². The summed E-state index contributed by atoms with van der Waals surface area (Å²) < 4.78 is 18.5. The molecule has 2 amide bonds. The number of likely N-dealkylation sites (tertiary alicyclic amines) is 1. The number of ether oxygens (including phenoxy) is 3. The number of rotatable bonds is 7. The summed E-state index contributed by atoms with van der Waals surface area (Å²) in [5.41, 5.74) is 0.782. The first-order chi connectivity index (χ1) is 17.7. The topological polar surface area (TPSA) is 99.1 Å². The summed E-state index contributed by atoms with van der Waals surface area (Å²) >= 11 is 0. The van der Waals surface area contributed by atoms with Crippen LogP contribution in [0.25, 0.3) is 10.9 Å². The normalized spacial score (nSPS) is 15.7. The van der Waals surface area contributed by atoms with Crippen LogP contribution in [0.5, 0.6) is 0 Å². The van der Waals surface area contributed by atoms with Gasteiger partial charge in [-0.3, -0.25) is 0 Å². The van der Waals surface area contributed by atoms with Crippen LogP contribution in [0, 0.1) is 5.92 Å². The molecule has 9 heteroatoms. The van der Waals surface area contributed by atoms with Gasteiger partial charge in [-0.15, -0.1) is 0 Å².